The number of hydrogen-bond acceptors (Lipinski definition) is 2. The van der Waals surface area contributed by atoms with Gasteiger partial charge in [0.05, 0.1) is 16.3 Å². The molecule has 0 aliphatic rings. The molecule has 5 heteroatoms. The normalized spacial score (nSPS) is 10.8. The fourth-order valence-corrected chi connectivity index (χ4v) is 1.79. The summed E-state index contributed by atoms with van der Waals surface area (Å²) < 4.78 is 13.6. The maximum Gasteiger partial charge on any atom is 0.142 e. The first-order valence-electron chi connectivity index (χ1n) is 4.83. The Hall–Kier alpha value is -1.39. The van der Waals surface area contributed by atoms with Gasteiger partial charge >= 0.3 is 0 Å². The molecule has 0 spiro atoms. The Bertz CT molecular complexity index is 502. The number of rotatable bonds is 2. The molecule has 0 unspecified atom stereocenters. The molecule has 1 heterocycles. The Balaban J connectivity index is 2.58. The summed E-state index contributed by atoms with van der Waals surface area (Å²) in [6, 6.07) is 4.53. The van der Waals surface area contributed by atoms with E-state index in [9.17, 15) is 4.39 Å². The molecule has 0 saturated heterocycles. The quantitative estimate of drug-likeness (QED) is 0.847. The maximum absolute atomic E-state index is 13.6. The lowest BCUT2D eigenvalue weighted by atomic mass is 10.2. The Morgan fingerprint density at radius 1 is 1.50 bits per heavy atom. The van der Waals surface area contributed by atoms with Gasteiger partial charge in [-0.1, -0.05) is 17.7 Å². The second kappa shape index (κ2) is 4.23. The third-order valence-corrected chi connectivity index (χ3v) is 2.69. The van der Waals surface area contributed by atoms with Crippen LogP contribution >= 0.6 is 11.6 Å². The zero-order valence-corrected chi connectivity index (χ0v) is 9.48. The maximum atomic E-state index is 13.6. The number of nitrogens with one attached hydrogen (secondary N) is 1. The van der Waals surface area contributed by atoms with Crippen molar-refractivity contribution in [1.29, 1.82) is 0 Å². The van der Waals surface area contributed by atoms with Crippen molar-refractivity contribution >= 4 is 11.6 Å². The minimum absolute atomic E-state index is 0.284. The number of aromatic nitrogens is 2. The minimum Gasteiger partial charge on any atom is -0.342 e. The van der Waals surface area contributed by atoms with Crippen LogP contribution in [0.15, 0.2) is 18.2 Å². The molecule has 16 heavy (non-hydrogen) atoms. The molecular formula is C11H11ClFN3. The molecule has 2 aromatic rings. The minimum atomic E-state index is -0.398. The van der Waals surface area contributed by atoms with Crippen LogP contribution < -0.4 is 5.73 Å². The van der Waals surface area contributed by atoms with Gasteiger partial charge in [0.1, 0.15) is 11.6 Å². The van der Waals surface area contributed by atoms with Crippen LogP contribution in [0.4, 0.5) is 4.39 Å². The van der Waals surface area contributed by atoms with Gasteiger partial charge in [-0.3, -0.25) is 0 Å². The first-order valence-corrected chi connectivity index (χ1v) is 5.21. The predicted octanol–water partition coefficient (Wildman–Crippen LogP) is 2.64. The zero-order chi connectivity index (χ0) is 11.7. The van der Waals surface area contributed by atoms with E-state index in [1.54, 1.807) is 12.1 Å². The summed E-state index contributed by atoms with van der Waals surface area (Å²) in [6.07, 6.45) is 0. The molecule has 0 fully saturated rings. The van der Waals surface area contributed by atoms with E-state index in [0.29, 0.717) is 23.1 Å². The van der Waals surface area contributed by atoms with Crippen LogP contribution in [-0.2, 0) is 6.54 Å². The molecule has 3 N–H and O–H groups in total. The summed E-state index contributed by atoms with van der Waals surface area (Å²) >= 11 is 5.94. The number of nitrogens with two attached hydrogens (primary N) is 1. The summed E-state index contributed by atoms with van der Waals surface area (Å²) in [5, 5.41) is 0.331. The van der Waals surface area contributed by atoms with Crippen molar-refractivity contribution in [3.63, 3.8) is 0 Å². The molecule has 0 atom stereocenters. The van der Waals surface area contributed by atoms with Crippen LogP contribution in [-0.4, -0.2) is 9.97 Å². The number of benzene rings is 1. The Labute approximate surface area is 97.5 Å². The van der Waals surface area contributed by atoms with E-state index in [1.165, 1.54) is 6.07 Å². The smallest absolute Gasteiger partial charge is 0.142 e. The average molecular weight is 240 g/mol. The van der Waals surface area contributed by atoms with Gasteiger partial charge in [0.15, 0.2) is 0 Å². The monoisotopic (exact) mass is 239 g/mol. The summed E-state index contributed by atoms with van der Waals surface area (Å²) in [5.41, 5.74) is 7.34. The second-order valence-electron chi connectivity index (χ2n) is 3.46. The van der Waals surface area contributed by atoms with E-state index in [-0.39, 0.29) is 5.56 Å². The first-order chi connectivity index (χ1) is 7.63. The van der Waals surface area contributed by atoms with Crippen LogP contribution in [0.25, 0.3) is 11.4 Å². The molecule has 3 nitrogen and oxygen atoms in total. The average Bonchev–Trinajstić information content (AvgIpc) is 2.59. The highest BCUT2D eigenvalue weighted by Gasteiger charge is 2.14. The van der Waals surface area contributed by atoms with E-state index in [1.807, 2.05) is 6.92 Å². The molecule has 0 radical (unpaired) electrons. The number of aryl methyl sites for hydroxylation is 1. The van der Waals surface area contributed by atoms with Crippen LogP contribution in [0.3, 0.4) is 0 Å². The summed E-state index contributed by atoms with van der Waals surface area (Å²) in [4.78, 5) is 7.19. The van der Waals surface area contributed by atoms with Crippen molar-refractivity contribution in [1.82, 2.24) is 9.97 Å². The summed E-state index contributed by atoms with van der Waals surface area (Å²) in [6.45, 7) is 2.15. The molecule has 0 amide bonds. The van der Waals surface area contributed by atoms with Gasteiger partial charge in [-0.05, 0) is 19.1 Å². The van der Waals surface area contributed by atoms with Crippen LogP contribution in [0, 0.1) is 12.7 Å². The number of nitrogens with zero attached hydrogens (tertiary/aromatic N) is 1. The molecule has 1 aromatic heterocycles. The molecule has 84 valence electrons. The third kappa shape index (κ3) is 1.81. The highest BCUT2D eigenvalue weighted by Crippen LogP contribution is 2.28. The van der Waals surface area contributed by atoms with Gasteiger partial charge in [-0.2, -0.15) is 0 Å². The van der Waals surface area contributed by atoms with Crippen molar-refractivity contribution in [3.05, 3.63) is 40.4 Å². The Morgan fingerprint density at radius 2 is 2.25 bits per heavy atom. The third-order valence-electron chi connectivity index (χ3n) is 2.38. The molecular weight excluding hydrogens is 229 g/mol. The van der Waals surface area contributed by atoms with E-state index in [4.69, 9.17) is 17.3 Å². The SMILES string of the molecule is Cc1[nH]c(-c2c(F)cccc2Cl)nc1CN. The summed E-state index contributed by atoms with van der Waals surface area (Å²) in [7, 11) is 0. The number of halogens is 2. The van der Waals surface area contributed by atoms with E-state index >= 15 is 0 Å². The van der Waals surface area contributed by atoms with E-state index in [0.717, 1.165) is 5.69 Å². The van der Waals surface area contributed by atoms with Gasteiger partial charge in [0, 0.05) is 12.2 Å². The lowest BCUT2D eigenvalue weighted by Gasteiger charge is -2.01. The van der Waals surface area contributed by atoms with E-state index in [2.05, 4.69) is 9.97 Å². The lowest BCUT2D eigenvalue weighted by molar-refractivity contribution is 0.630. The van der Waals surface area contributed by atoms with Crippen LogP contribution in [0.2, 0.25) is 5.02 Å². The first kappa shape index (κ1) is 11.1. The fourth-order valence-electron chi connectivity index (χ4n) is 1.54. The van der Waals surface area contributed by atoms with Crippen molar-refractivity contribution in [2.75, 3.05) is 0 Å². The fraction of sp³-hybridized carbons (Fsp3) is 0.182. The largest absolute Gasteiger partial charge is 0.342 e. The van der Waals surface area contributed by atoms with Gasteiger partial charge in [0.2, 0.25) is 0 Å². The summed E-state index contributed by atoms with van der Waals surface area (Å²) in [5.74, 6) is 0.0193. The second-order valence-corrected chi connectivity index (χ2v) is 3.87. The van der Waals surface area contributed by atoms with Crippen LogP contribution in [0.5, 0.6) is 0 Å². The van der Waals surface area contributed by atoms with Crippen molar-refractivity contribution < 1.29 is 4.39 Å². The molecule has 0 saturated carbocycles. The number of imidazole rings is 1. The van der Waals surface area contributed by atoms with Gasteiger partial charge in [0.25, 0.3) is 0 Å². The van der Waals surface area contributed by atoms with Gasteiger partial charge in [-0.15, -0.1) is 0 Å². The van der Waals surface area contributed by atoms with Crippen molar-refractivity contribution in [2.24, 2.45) is 5.73 Å². The topological polar surface area (TPSA) is 54.7 Å². The standard InChI is InChI=1S/C11H11ClFN3/c1-6-9(5-14)16-11(15-6)10-7(12)3-2-4-8(10)13/h2-4H,5,14H2,1H3,(H,15,16). The van der Waals surface area contributed by atoms with Crippen molar-refractivity contribution in [2.45, 2.75) is 13.5 Å². The Kier molecular flexibility index (Phi) is 2.94. The number of aromatic amines is 1. The zero-order valence-electron chi connectivity index (χ0n) is 8.72. The predicted molar refractivity (Wildman–Crippen MR) is 61.6 cm³/mol. The highest BCUT2D eigenvalue weighted by atomic mass is 35.5. The molecule has 1 aromatic carbocycles. The molecule has 0 bridgehead atoms. The lowest BCUT2D eigenvalue weighted by Crippen LogP contribution is -1.98. The van der Waals surface area contributed by atoms with Crippen LogP contribution in [0.1, 0.15) is 11.4 Å². The molecule has 0 aliphatic carbocycles. The number of hydrogen-bond donors (Lipinski definition) is 2. The van der Waals surface area contributed by atoms with E-state index < -0.39 is 5.82 Å². The number of H-pyrrole nitrogens is 1. The van der Waals surface area contributed by atoms with Crippen molar-refractivity contribution in [3.8, 4) is 11.4 Å². The van der Waals surface area contributed by atoms with Gasteiger partial charge < -0.3 is 10.7 Å². The highest BCUT2D eigenvalue weighted by molar-refractivity contribution is 6.33. The van der Waals surface area contributed by atoms with Gasteiger partial charge in [-0.25, -0.2) is 9.37 Å². The molecule has 0 aliphatic heterocycles. The Morgan fingerprint density at radius 3 is 2.81 bits per heavy atom. The molecule has 2 rings (SSSR count).